The molecule has 1 rings (SSSR count). The van der Waals surface area contributed by atoms with E-state index in [9.17, 15) is 4.79 Å². The number of ether oxygens (including phenoxy) is 1. The molecule has 0 aliphatic carbocycles. The van der Waals surface area contributed by atoms with Crippen LogP contribution in [0.25, 0.3) is 0 Å². The van der Waals surface area contributed by atoms with E-state index in [4.69, 9.17) is 9.84 Å². The number of aliphatic hydroxyl groups excluding tert-OH is 1. The SMILES string of the molecule is CN(C)Cc1ccc(C(=O)NCCOCCO)cc1. The minimum absolute atomic E-state index is 0.00127. The summed E-state index contributed by atoms with van der Waals surface area (Å²) in [7, 11) is 4.01. The van der Waals surface area contributed by atoms with Crippen LogP contribution in [0.5, 0.6) is 0 Å². The van der Waals surface area contributed by atoms with Gasteiger partial charge in [-0.2, -0.15) is 0 Å². The van der Waals surface area contributed by atoms with E-state index in [2.05, 4.69) is 10.2 Å². The van der Waals surface area contributed by atoms with Gasteiger partial charge in [0, 0.05) is 18.7 Å². The summed E-state index contributed by atoms with van der Waals surface area (Å²) in [6.45, 7) is 2.01. The van der Waals surface area contributed by atoms with Gasteiger partial charge in [-0.1, -0.05) is 12.1 Å². The molecule has 1 aromatic carbocycles. The van der Waals surface area contributed by atoms with Gasteiger partial charge in [0.05, 0.1) is 19.8 Å². The van der Waals surface area contributed by atoms with Crippen LogP contribution < -0.4 is 5.32 Å². The van der Waals surface area contributed by atoms with Crippen LogP contribution in [0, 0.1) is 0 Å². The first-order valence-electron chi connectivity index (χ1n) is 6.34. The molecular formula is C14H22N2O3. The summed E-state index contributed by atoms with van der Waals surface area (Å²) >= 11 is 0. The molecule has 0 aliphatic rings. The number of nitrogens with zero attached hydrogens (tertiary/aromatic N) is 1. The molecule has 0 saturated carbocycles. The summed E-state index contributed by atoms with van der Waals surface area (Å²) in [4.78, 5) is 13.9. The fourth-order valence-corrected chi connectivity index (χ4v) is 1.63. The third-order valence-electron chi connectivity index (χ3n) is 2.48. The van der Waals surface area contributed by atoms with Crippen LogP contribution in [-0.4, -0.2) is 56.4 Å². The predicted molar refractivity (Wildman–Crippen MR) is 74.1 cm³/mol. The van der Waals surface area contributed by atoms with E-state index in [0.29, 0.717) is 25.3 Å². The third-order valence-corrected chi connectivity index (χ3v) is 2.48. The van der Waals surface area contributed by atoms with Gasteiger partial charge in [0.15, 0.2) is 0 Å². The first kappa shape index (κ1) is 15.6. The molecule has 0 unspecified atom stereocenters. The molecule has 0 atom stereocenters. The minimum Gasteiger partial charge on any atom is -0.394 e. The molecule has 5 heteroatoms. The summed E-state index contributed by atoms with van der Waals surface area (Å²) < 4.78 is 5.06. The lowest BCUT2D eigenvalue weighted by atomic mass is 10.1. The van der Waals surface area contributed by atoms with Crippen LogP contribution in [-0.2, 0) is 11.3 Å². The van der Waals surface area contributed by atoms with Gasteiger partial charge >= 0.3 is 0 Å². The summed E-state index contributed by atoms with van der Waals surface area (Å²) in [6.07, 6.45) is 0. The molecule has 0 heterocycles. The van der Waals surface area contributed by atoms with Gasteiger partial charge in [-0.15, -0.1) is 0 Å². The van der Waals surface area contributed by atoms with Gasteiger partial charge < -0.3 is 20.1 Å². The summed E-state index contributed by atoms with van der Waals surface area (Å²) in [5.74, 6) is -0.107. The molecule has 0 aromatic heterocycles. The lowest BCUT2D eigenvalue weighted by molar-refractivity contribution is 0.0838. The lowest BCUT2D eigenvalue weighted by Gasteiger charge is -2.10. The number of hydrogen-bond acceptors (Lipinski definition) is 4. The molecule has 1 aromatic rings. The summed E-state index contributed by atoms with van der Waals surface area (Å²) in [6, 6.07) is 7.56. The van der Waals surface area contributed by atoms with Gasteiger partial charge in [-0.3, -0.25) is 4.79 Å². The average Bonchev–Trinajstić information content (AvgIpc) is 2.38. The third kappa shape index (κ3) is 6.33. The van der Waals surface area contributed by atoms with Crippen molar-refractivity contribution in [3.8, 4) is 0 Å². The second-order valence-electron chi connectivity index (χ2n) is 4.53. The molecule has 19 heavy (non-hydrogen) atoms. The minimum atomic E-state index is -0.107. The number of benzene rings is 1. The molecule has 2 N–H and O–H groups in total. The van der Waals surface area contributed by atoms with E-state index < -0.39 is 0 Å². The Bertz CT molecular complexity index is 377. The fraction of sp³-hybridized carbons (Fsp3) is 0.500. The zero-order chi connectivity index (χ0) is 14.1. The Labute approximate surface area is 114 Å². The highest BCUT2D eigenvalue weighted by molar-refractivity contribution is 5.94. The fourth-order valence-electron chi connectivity index (χ4n) is 1.63. The highest BCUT2D eigenvalue weighted by Crippen LogP contribution is 2.06. The normalized spacial score (nSPS) is 10.7. The van der Waals surface area contributed by atoms with Crippen molar-refractivity contribution >= 4 is 5.91 Å². The topological polar surface area (TPSA) is 61.8 Å². The molecule has 0 fully saturated rings. The number of carbonyl (C=O) groups excluding carboxylic acids is 1. The van der Waals surface area contributed by atoms with Crippen LogP contribution in [0.1, 0.15) is 15.9 Å². The van der Waals surface area contributed by atoms with Crippen molar-refractivity contribution in [2.24, 2.45) is 0 Å². The van der Waals surface area contributed by atoms with E-state index in [1.807, 2.05) is 38.4 Å². The molecule has 5 nitrogen and oxygen atoms in total. The van der Waals surface area contributed by atoms with E-state index in [1.54, 1.807) is 0 Å². The summed E-state index contributed by atoms with van der Waals surface area (Å²) in [5, 5.41) is 11.3. The molecule has 0 bridgehead atoms. The highest BCUT2D eigenvalue weighted by Gasteiger charge is 2.04. The zero-order valence-electron chi connectivity index (χ0n) is 11.6. The standard InChI is InChI=1S/C14H22N2O3/c1-16(2)11-12-3-5-13(6-4-12)14(18)15-7-9-19-10-8-17/h3-6,17H,7-11H2,1-2H3,(H,15,18). The first-order chi connectivity index (χ1) is 9.13. The van der Waals surface area contributed by atoms with Gasteiger partial charge in [0.1, 0.15) is 0 Å². The Balaban J connectivity index is 2.36. The number of hydrogen-bond donors (Lipinski definition) is 2. The van der Waals surface area contributed by atoms with Crippen molar-refractivity contribution < 1.29 is 14.6 Å². The Kier molecular flexibility index (Phi) is 7.10. The Hall–Kier alpha value is -1.43. The molecular weight excluding hydrogens is 244 g/mol. The number of aliphatic hydroxyl groups is 1. The second kappa shape index (κ2) is 8.63. The van der Waals surface area contributed by atoms with Crippen molar-refractivity contribution in [2.45, 2.75) is 6.54 Å². The van der Waals surface area contributed by atoms with Gasteiger partial charge in [-0.05, 0) is 31.8 Å². The van der Waals surface area contributed by atoms with Crippen molar-refractivity contribution in [2.75, 3.05) is 40.5 Å². The maximum absolute atomic E-state index is 11.8. The van der Waals surface area contributed by atoms with Crippen molar-refractivity contribution in [3.05, 3.63) is 35.4 Å². The van der Waals surface area contributed by atoms with Crippen LogP contribution in [0.15, 0.2) is 24.3 Å². The number of amides is 1. The molecule has 0 spiro atoms. The van der Waals surface area contributed by atoms with Crippen LogP contribution in [0.3, 0.4) is 0 Å². The highest BCUT2D eigenvalue weighted by atomic mass is 16.5. The Morgan fingerprint density at radius 3 is 2.53 bits per heavy atom. The first-order valence-corrected chi connectivity index (χ1v) is 6.34. The van der Waals surface area contributed by atoms with Crippen molar-refractivity contribution in [1.29, 1.82) is 0 Å². The zero-order valence-corrected chi connectivity index (χ0v) is 11.6. The Morgan fingerprint density at radius 1 is 1.26 bits per heavy atom. The van der Waals surface area contributed by atoms with E-state index in [-0.39, 0.29) is 12.5 Å². The van der Waals surface area contributed by atoms with E-state index in [1.165, 1.54) is 5.56 Å². The quantitative estimate of drug-likeness (QED) is 0.672. The largest absolute Gasteiger partial charge is 0.394 e. The number of nitrogens with one attached hydrogen (secondary N) is 1. The van der Waals surface area contributed by atoms with Gasteiger partial charge in [-0.25, -0.2) is 0 Å². The van der Waals surface area contributed by atoms with E-state index >= 15 is 0 Å². The maximum Gasteiger partial charge on any atom is 0.251 e. The van der Waals surface area contributed by atoms with Crippen molar-refractivity contribution in [3.63, 3.8) is 0 Å². The van der Waals surface area contributed by atoms with Crippen LogP contribution >= 0.6 is 0 Å². The predicted octanol–water partition coefficient (Wildman–Crippen LogP) is 0.487. The number of carbonyl (C=O) groups is 1. The smallest absolute Gasteiger partial charge is 0.251 e. The molecule has 0 saturated heterocycles. The van der Waals surface area contributed by atoms with Crippen molar-refractivity contribution in [1.82, 2.24) is 10.2 Å². The maximum atomic E-state index is 11.8. The van der Waals surface area contributed by atoms with Crippen LogP contribution in [0.2, 0.25) is 0 Å². The average molecular weight is 266 g/mol. The monoisotopic (exact) mass is 266 g/mol. The van der Waals surface area contributed by atoms with Gasteiger partial charge in [0.2, 0.25) is 0 Å². The lowest BCUT2D eigenvalue weighted by Crippen LogP contribution is -2.27. The number of rotatable bonds is 8. The summed E-state index contributed by atoms with van der Waals surface area (Å²) in [5.41, 5.74) is 1.82. The molecule has 1 amide bonds. The molecule has 0 aliphatic heterocycles. The van der Waals surface area contributed by atoms with Gasteiger partial charge in [0.25, 0.3) is 5.91 Å². The second-order valence-corrected chi connectivity index (χ2v) is 4.53. The molecule has 106 valence electrons. The van der Waals surface area contributed by atoms with Crippen LogP contribution in [0.4, 0.5) is 0 Å². The Morgan fingerprint density at radius 2 is 1.95 bits per heavy atom. The van der Waals surface area contributed by atoms with E-state index in [0.717, 1.165) is 6.54 Å². The molecule has 0 radical (unpaired) electrons.